The molecule has 56 heavy (non-hydrogen) atoms. The van der Waals surface area contributed by atoms with Crippen molar-refractivity contribution in [2.24, 2.45) is 10.8 Å². The van der Waals surface area contributed by atoms with Crippen molar-refractivity contribution in [2.45, 2.75) is 144 Å². The zero-order valence-electron chi connectivity index (χ0n) is 35.6. The molecule has 6 atom stereocenters. The Balaban J connectivity index is 5.79. The standard InChI is InChI=1S/C39H66BrNO15/c1-14-17-20-49-32(46)37(10,23-52-34(48)41-13)24-53-35(7,8)29(43)26(4)55-30(44)27(5)56-39(12,16-3)33(47)51-22-36(9,31(45)50-21-18-19-40)25-54-38(11,15-2)28(6)42/h26-27H,14-25H2,1-13H3,(H,41,48)/t26?,27?,36?,37?,38?,39-/m0/s1. The van der Waals surface area contributed by atoms with E-state index in [-0.39, 0.29) is 38.6 Å². The Morgan fingerprint density at radius 2 is 1.14 bits per heavy atom. The number of hydrogen-bond donors (Lipinski definition) is 1. The minimum absolute atomic E-state index is 0.0449. The van der Waals surface area contributed by atoms with Crippen LogP contribution in [0.15, 0.2) is 0 Å². The molecule has 0 aliphatic carbocycles. The van der Waals surface area contributed by atoms with Crippen LogP contribution >= 0.6 is 15.9 Å². The number of amides is 1. The number of hydrogen-bond acceptors (Lipinski definition) is 15. The smallest absolute Gasteiger partial charge is 0.406 e. The lowest BCUT2D eigenvalue weighted by atomic mass is 9.91. The monoisotopic (exact) mass is 867 g/mol. The van der Waals surface area contributed by atoms with E-state index in [2.05, 4.69) is 21.2 Å². The van der Waals surface area contributed by atoms with Crippen LogP contribution in [0.1, 0.15) is 115 Å². The zero-order valence-corrected chi connectivity index (χ0v) is 37.2. The van der Waals surface area contributed by atoms with Gasteiger partial charge >= 0.3 is 30.0 Å². The topological polar surface area (TPSA) is 205 Å². The highest BCUT2D eigenvalue weighted by atomic mass is 79.9. The van der Waals surface area contributed by atoms with Crippen LogP contribution in [0.25, 0.3) is 0 Å². The van der Waals surface area contributed by atoms with E-state index in [1.807, 2.05) is 6.92 Å². The van der Waals surface area contributed by atoms with Crippen molar-refractivity contribution >= 4 is 57.5 Å². The number of nitrogens with one attached hydrogen (secondary N) is 1. The maximum Gasteiger partial charge on any atom is 0.406 e. The fourth-order valence-corrected chi connectivity index (χ4v) is 4.81. The second-order valence-electron chi connectivity index (χ2n) is 15.2. The van der Waals surface area contributed by atoms with Gasteiger partial charge < -0.3 is 43.2 Å². The Morgan fingerprint density at radius 1 is 0.643 bits per heavy atom. The first kappa shape index (κ1) is 52.9. The molecule has 0 aromatic heterocycles. The van der Waals surface area contributed by atoms with Gasteiger partial charge in [0.1, 0.15) is 35.2 Å². The number of rotatable bonds is 28. The molecule has 0 aromatic carbocycles. The largest absolute Gasteiger partial charge is 0.465 e. The van der Waals surface area contributed by atoms with Crippen LogP contribution in [0.3, 0.4) is 0 Å². The van der Waals surface area contributed by atoms with Gasteiger partial charge in [-0.3, -0.25) is 19.2 Å². The first-order valence-corrected chi connectivity index (χ1v) is 20.1. The van der Waals surface area contributed by atoms with E-state index < -0.39 is 88.8 Å². The van der Waals surface area contributed by atoms with Gasteiger partial charge in [0.05, 0.1) is 26.4 Å². The van der Waals surface area contributed by atoms with Crippen LogP contribution in [-0.4, -0.2) is 123 Å². The molecule has 0 aromatic rings. The number of halogens is 1. The highest BCUT2D eigenvalue weighted by Crippen LogP contribution is 2.29. The van der Waals surface area contributed by atoms with Gasteiger partial charge in [0.2, 0.25) is 5.78 Å². The molecule has 1 N–H and O–H groups in total. The predicted molar refractivity (Wildman–Crippen MR) is 208 cm³/mol. The third-order valence-electron chi connectivity index (χ3n) is 9.49. The number of esters is 4. The van der Waals surface area contributed by atoms with Crippen molar-refractivity contribution in [2.75, 3.05) is 52.0 Å². The Bertz CT molecular complexity index is 1340. The van der Waals surface area contributed by atoms with Crippen LogP contribution in [0.4, 0.5) is 4.79 Å². The van der Waals surface area contributed by atoms with Crippen molar-refractivity contribution in [3.05, 3.63) is 0 Å². The number of ether oxygens (including phenoxy) is 8. The minimum Gasteiger partial charge on any atom is -0.465 e. The number of ketones is 2. The maximum absolute atomic E-state index is 13.5. The Labute approximate surface area is 340 Å². The van der Waals surface area contributed by atoms with E-state index in [1.165, 1.54) is 62.4 Å². The number of alkyl carbamates (subject to hydrolysis) is 1. The summed E-state index contributed by atoms with van der Waals surface area (Å²) in [7, 11) is 1.36. The molecule has 324 valence electrons. The number of carbonyl (C=O) groups excluding carboxylic acids is 7. The molecular formula is C39H66BrNO15. The van der Waals surface area contributed by atoms with Gasteiger partial charge in [-0.2, -0.15) is 0 Å². The molecule has 0 aliphatic rings. The lowest BCUT2D eigenvalue weighted by Gasteiger charge is -2.34. The van der Waals surface area contributed by atoms with Crippen LogP contribution in [0.2, 0.25) is 0 Å². The summed E-state index contributed by atoms with van der Waals surface area (Å²) in [6.07, 6.45) is -1.15. The van der Waals surface area contributed by atoms with E-state index in [1.54, 1.807) is 20.8 Å². The Morgan fingerprint density at radius 3 is 1.61 bits per heavy atom. The summed E-state index contributed by atoms with van der Waals surface area (Å²) >= 11 is 3.29. The number of alkyl halides is 1. The lowest BCUT2D eigenvalue weighted by Crippen LogP contribution is -2.49. The van der Waals surface area contributed by atoms with Crippen molar-refractivity contribution in [3.63, 3.8) is 0 Å². The van der Waals surface area contributed by atoms with Gasteiger partial charge in [-0.25, -0.2) is 14.4 Å². The molecule has 0 heterocycles. The highest BCUT2D eigenvalue weighted by Gasteiger charge is 2.45. The van der Waals surface area contributed by atoms with Gasteiger partial charge in [-0.05, 0) is 88.0 Å². The first-order chi connectivity index (χ1) is 25.9. The third kappa shape index (κ3) is 16.4. The van der Waals surface area contributed by atoms with Gasteiger partial charge in [0.15, 0.2) is 23.6 Å². The van der Waals surface area contributed by atoms with E-state index in [4.69, 9.17) is 37.9 Å². The molecule has 0 bridgehead atoms. The summed E-state index contributed by atoms with van der Waals surface area (Å²) < 4.78 is 44.6. The van der Waals surface area contributed by atoms with Crippen LogP contribution < -0.4 is 5.32 Å². The number of unbranched alkanes of at least 4 members (excludes halogenated alkanes) is 1. The average molecular weight is 869 g/mol. The van der Waals surface area contributed by atoms with Crippen LogP contribution in [-0.2, 0) is 66.7 Å². The average Bonchev–Trinajstić information content (AvgIpc) is 3.16. The molecule has 17 heteroatoms. The summed E-state index contributed by atoms with van der Waals surface area (Å²) in [5.74, 6) is -4.12. The molecule has 1 amide bonds. The molecule has 16 nitrogen and oxygen atoms in total. The fraction of sp³-hybridized carbons (Fsp3) is 0.821. The van der Waals surface area contributed by atoms with Crippen molar-refractivity contribution < 1.29 is 71.5 Å². The number of Topliss-reactive ketones (excluding diaryl/α,β-unsaturated/α-hetero) is 2. The lowest BCUT2D eigenvalue weighted by molar-refractivity contribution is -0.195. The molecule has 0 spiro atoms. The zero-order chi connectivity index (χ0) is 43.5. The highest BCUT2D eigenvalue weighted by molar-refractivity contribution is 9.09. The van der Waals surface area contributed by atoms with Crippen molar-refractivity contribution in [3.8, 4) is 0 Å². The first-order valence-electron chi connectivity index (χ1n) is 19.0. The second-order valence-corrected chi connectivity index (χ2v) is 16.0. The van der Waals surface area contributed by atoms with E-state index in [0.29, 0.717) is 24.6 Å². The Hall–Kier alpha value is -3.15. The van der Waals surface area contributed by atoms with Crippen LogP contribution in [0.5, 0.6) is 0 Å². The van der Waals surface area contributed by atoms with Gasteiger partial charge in [0.25, 0.3) is 0 Å². The van der Waals surface area contributed by atoms with Crippen molar-refractivity contribution in [1.29, 1.82) is 0 Å². The number of carbonyl (C=O) groups is 7. The molecule has 0 radical (unpaired) electrons. The summed E-state index contributed by atoms with van der Waals surface area (Å²) in [6.45, 7) is 17.0. The SMILES string of the molecule is CCCCOC(=O)C(C)(COC(=O)NC)COC(C)(C)C(=O)C(C)OC(=O)C(C)O[C@@](C)(CC)C(=O)OCC(C)(COC(C)(CC)C(C)=O)C(=O)OCCCBr. The third-order valence-corrected chi connectivity index (χ3v) is 10.0. The molecule has 0 rings (SSSR count). The summed E-state index contributed by atoms with van der Waals surface area (Å²) in [6, 6.07) is 0. The van der Waals surface area contributed by atoms with E-state index in [0.717, 1.165) is 6.42 Å². The molecule has 5 unspecified atom stereocenters. The quantitative estimate of drug-likeness (QED) is 0.0464. The predicted octanol–water partition coefficient (Wildman–Crippen LogP) is 5.21. The normalized spacial score (nSPS) is 17.0. The van der Waals surface area contributed by atoms with E-state index in [9.17, 15) is 33.6 Å². The summed E-state index contributed by atoms with van der Waals surface area (Å²) in [5.41, 5.74) is -7.43. The minimum atomic E-state index is -1.69. The van der Waals surface area contributed by atoms with Crippen LogP contribution in [0, 0.1) is 10.8 Å². The summed E-state index contributed by atoms with van der Waals surface area (Å²) in [4.78, 5) is 90.4. The fourth-order valence-electron chi connectivity index (χ4n) is 4.58. The molecule has 0 aliphatic heterocycles. The van der Waals surface area contributed by atoms with Crippen molar-refractivity contribution in [1.82, 2.24) is 5.32 Å². The molecular weight excluding hydrogens is 802 g/mol. The van der Waals surface area contributed by atoms with Gasteiger partial charge in [-0.1, -0.05) is 43.1 Å². The summed E-state index contributed by atoms with van der Waals surface area (Å²) in [5, 5.41) is 2.90. The van der Waals surface area contributed by atoms with Gasteiger partial charge in [-0.15, -0.1) is 0 Å². The molecule has 0 fully saturated rings. The maximum atomic E-state index is 13.5. The Kier molecular flexibility index (Phi) is 22.6. The van der Waals surface area contributed by atoms with Gasteiger partial charge in [0, 0.05) is 12.4 Å². The van der Waals surface area contributed by atoms with E-state index >= 15 is 0 Å². The molecule has 0 saturated heterocycles. The second kappa shape index (κ2) is 23.9. The molecule has 0 saturated carbocycles.